The lowest BCUT2D eigenvalue weighted by molar-refractivity contribution is -0.121. The van der Waals surface area contributed by atoms with E-state index in [0.29, 0.717) is 23.7 Å². The summed E-state index contributed by atoms with van der Waals surface area (Å²) in [6.45, 7) is 5.96. The number of piperidine rings is 2. The van der Waals surface area contributed by atoms with Gasteiger partial charge >= 0.3 is 0 Å². The molecule has 0 aromatic heterocycles. The fourth-order valence-electron chi connectivity index (χ4n) is 9.90. The second kappa shape index (κ2) is 13.6. The van der Waals surface area contributed by atoms with Gasteiger partial charge in [0, 0.05) is 46.3 Å². The van der Waals surface area contributed by atoms with Gasteiger partial charge in [-0.25, -0.2) is 0 Å². The molecule has 6 nitrogen and oxygen atoms in total. The van der Waals surface area contributed by atoms with Crippen molar-refractivity contribution in [3.05, 3.63) is 129 Å². The molecule has 4 heterocycles. The van der Waals surface area contributed by atoms with Crippen LogP contribution in [0, 0.1) is 11.8 Å². The van der Waals surface area contributed by atoms with Gasteiger partial charge in [-0.05, 0) is 135 Å². The maximum Gasteiger partial charge on any atom is 0.238 e. The second-order valence-corrected chi connectivity index (χ2v) is 16.7. The first kappa shape index (κ1) is 34.1. The maximum atomic E-state index is 13.6. The Morgan fingerprint density at radius 1 is 0.538 bits per heavy atom. The van der Waals surface area contributed by atoms with E-state index in [1.807, 2.05) is 24.3 Å². The van der Waals surface area contributed by atoms with E-state index in [1.54, 1.807) is 0 Å². The zero-order chi connectivity index (χ0) is 35.5. The van der Waals surface area contributed by atoms with Crippen LogP contribution in [-0.2, 0) is 20.4 Å². The molecule has 4 atom stereocenters. The smallest absolute Gasteiger partial charge is 0.238 e. The summed E-state index contributed by atoms with van der Waals surface area (Å²) in [6, 6.07) is 32.8. The zero-order valence-electron chi connectivity index (χ0n) is 29.5. The van der Waals surface area contributed by atoms with Crippen molar-refractivity contribution in [2.75, 3.05) is 49.1 Å². The third-order valence-electron chi connectivity index (χ3n) is 12.9. The van der Waals surface area contributed by atoms with E-state index in [2.05, 4.69) is 93.2 Å². The third-order valence-corrected chi connectivity index (χ3v) is 13.4. The van der Waals surface area contributed by atoms with Gasteiger partial charge in [0.25, 0.3) is 0 Å². The summed E-state index contributed by atoms with van der Waals surface area (Å²) in [5.41, 5.74) is 6.45. The van der Waals surface area contributed by atoms with E-state index in [4.69, 9.17) is 23.2 Å². The number of nitrogens with zero attached hydrogens (tertiary/aromatic N) is 2. The number of carbonyl (C=O) groups is 2. The standard InChI is InChI=1S/2C22H23ClN2O/c2*23-17-7-5-16(6-8-17)19-13-22(19)18-3-1-2-4-20(18)25(21(22)26)14-15-9-11-24-12-10-15/h2*1-8,15,19,24H,9-14H2/t2*19-,22-/m10/s1. The molecule has 2 amide bonds. The summed E-state index contributed by atoms with van der Waals surface area (Å²) in [5.74, 6) is 2.33. The largest absolute Gasteiger partial charge is 0.317 e. The Bertz CT molecular complexity index is 1830. The van der Waals surface area contributed by atoms with Gasteiger partial charge in [-0.2, -0.15) is 0 Å². The fraction of sp³-hybridized carbons (Fsp3) is 0.409. The van der Waals surface area contributed by atoms with Crippen LogP contribution in [0.4, 0.5) is 11.4 Å². The van der Waals surface area contributed by atoms with E-state index in [9.17, 15) is 9.59 Å². The number of carbonyl (C=O) groups excluding carboxylic acids is 2. The molecule has 2 aliphatic carbocycles. The number of fused-ring (bicyclic) bond motifs is 4. The molecule has 4 aromatic carbocycles. The summed E-state index contributed by atoms with van der Waals surface area (Å²) >= 11 is 12.1. The van der Waals surface area contributed by atoms with Crippen LogP contribution in [0.25, 0.3) is 0 Å². The molecule has 6 aliphatic rings. The number of rotatable bonds is 6. The van der Waals surface area contributed by atoms with Gasteiger partial charge in [-0.3, -0.25) is 9.59 Å². The SMILES string of the molecule is O=C1N(CC2CCNCC2)c2ccccc2[C@@]12C[C@@H]2c1ccc(Cl)cc1.O=C1N(CC2CCNCC2)c2ccccc2[C@]12C[C@H]2c1ccc(Cl)cc1. The van der Waals surface area contributed by atoms with Crippen molar-refractivity contribution < 1.29 is 9.59 Å². The molecule has 10 rings (SSSR count). The molecule has 0 unspecified atom stereocenters. The first-order valence-electron chi connectivity index (χ1n) is 19.2. The Kier molecular flexibility index (Phi) is 8.94. The van der Waals surface area contributed by atoms with Crippen molar-refractivity contribution in [3.8, 4) is 0 Å². The highest BCUT2D eigenvalue weighted by atomic mass is 35.5. The molecule has 2 saturated heterocycles. The van der Waals surface area contributed by atoms with Gasteiger partial charge in [0.15, 0.2) is 0 Å². The molecule has 4 aliphatic heterocycles. The Balaban J connectivity index is 0.000000138. The van der Waals surface area contributed by atoms with Gasteiger partial charge in [0.2, 0.25) is 11.8 Å². The van der Waals surface area contributed by atoms with E-state index in [1.165, 1.54) is 22.3 Å². The second-order valence-electron chi connectivity index (χ2n) is 15.8. The van der Waals surface area contributed by atoms with Crippen molar-refractivity contribution >= 4 is 46.4 Å². The van der Waals surface area contributed by atoms with Crippen LogP contribution in [-0.4, -0.2) is 51.1 Å². The number of nitrogens with one attached hydrogen (secondary N) is 2. The Morgan fingerprint density at radius 3 is 1.29 bits per heavy atom. The summed E-state index contributed by atoms with van der Waals surface area (Å²) in [5, 5.41) is 8.32. The molecule has 4 fully saturated rings. The van der Waals surface area contributed by atoms with E-state index >= 15 is 0 Å². The molecule has 268 valence electrons. The minimum Gasteiger partial charge on any atom is -0.317 e. The van der Waals surface area contributed by atoms with Crippen LogP contribution in [0.1, 0.15) is 72.6 Å². The number of para-hydroxylation sites is 2. The third kappa shape index (κ3) is 5.78. The van der Waals surface area contributed by atoms with Gasteiger partial charge in [-0.1, -0.05) is 83.9 Å². The van der Waals surface area contributed by atoms with Crippen molar-refractivity contribution in [1.82, 2.24) is 10.6 Å². The average molecular weight is 734 g/mol. The first-order chi connectivity index (χ1) is 25.4. The fourth-order valence-corrected chi connectivity index (χ4v) is 10.2. The topological polar surface area (TPSA) is 64.7 Å². The zero-order valence-corrected chi connectivity index (χ0v) is 31.0. The van der Waals surface area contributed by atoms with Crippen molar-refractivity contribution in [3.63, 3.8) is 0 Å². The molecule has 0 bridgehead atoms. The molecule has 52 heavy (non-hydrogen) atoms. The highest BCUT2D eigenvalue weighted by molar-refractivity contribution is 6.30. The van der Waals surface area contributed by atoms with Crippen LogP contribution in [0.5, 0.6) is 0 Å². The van der Waals surface area contributed by atoms with Gasteiger partial charge < -0.3 is 20.4 Å². The van der Waals surface area contributed by atoms with Crippen LogP contribution in [0.3, 0.4) is 0 Å². The normalized spacial score (nSPS) is 27.8. The summed E-state index contributed by atoms with van der Waals surface area (Å²) < 4.78 is 0. The van der Waals surface area contributed by atoms with Crippen LogP contribution >= 0.6 is 23.2 Å². The number of amides is 2. The average Bonchev–Trinajstić information content (AvgIpc) is 4.09. The van der Waals surface area contributed by atoms with Gasteiger partial charge in [0.1, 0.15) is 0 Å². The summed E-state index contributed by atoms with van der Waals surface area (Å²) in [6.07, 6.45) is 6.43. The Labute approximate surface area is 316 Å². The molecular weight excluding hydrogens is 687 g/mol. The highest BCUT2D eigenvalue weighted by Gasteiger charge is 2.68. The number of hydrogen-bond donors (Lipinski definition) is 2. The molecule has 0 radical (unpaired) electrons. The Morgan fingerprint density at radius 2 is 0.904 bits per heavy atom. The molecule has 2 N–H and O–H groups in total. The van der Waals surface area contributed by atoms with Crippen LogP contribution in [0.2, 0.25) is 10.0 Å². The molecule has 2 spiro atoms. The van der Waals surface area contributed by atoms with E-state index in [0.717, 1.165) is 99.2 Å². The number of anilines is 2. The van der Waals surface area contributed by atoms with Crippen LogP contribution < -0.4 is 20.4 Å². The van der Waals surface area contributed by atoms with Gasteiger partial charge in [0.05, 0.1) is 10.8 Å². The number of benzene rings is 4. The lowest BCUT2D eigenvalue weighted by Gasteiger charge is -2.28. The number of halogens is 2. The van der Waals surface area contributed by atoms with Crippen molar-refractivity contribution in [1.29, 1.82) is 0 Å². The minimum absolute atomic E-state index is 0.270. The maximum absolute atomic E-state index is 13.6. The summed E-state index contributed by atoms with van der Waals surface area (Å²) in [4.78, 5) is 31.3. The predicted molar refractivity (Wildman–Crippen MR) is 210 cm³/mol. The van der Waals surface area contributed by atoms with E-state index < -0.39 is 0 Å². The molecule has 8 heteroatoms. The van der Waals surface area contributed by atoms with Crippen molar-refractivity contribution in [2.45, 2.75) is 61.2 Å². The Hall–Kier alpha value is -3.68. The molecule has 4 aromatic rings. The lowest BCUT2D eigenvalue weighted by Crippen LogP contribution is -2.40. The van der Waals surface area contributed by atoms with E-state index in [-0.39, 0.29) is 22.7 Å². The van der Waals surface area contributed by atoms with Crippen LogP contribution in [0.15, 0.2) is 97.1 Å². The highest BCUT2D eigenvalue weighted by Crippen LogP contribution is 2.67. The molecule has 2 saturated carbocycles. The minimum atomic E-state index is -0.350. The van der Waals surface area contributed by atoms with Gasteiger partial charge in [-0.15, -0.1) is 0 Å². The van der Waals surface area contributed by atoms with Crippen molar-refractivity contribution in [2.24, 2.45) is 11.8 Å². The predicted octanol–water partition coefficient (Wildman–Crippen LogP) is 8.22. The first-order valence-corrected chi connectivity index (χ1v) is 19.9. The lowest BCUT2D eigenvalue weighted by atomic mass is 9.92. The molecular formula is C44H46Cl2N4O2. The quantitative estimate of drug-likeness (QED) is 0.210. The monoisotopic (exact) mass is 732 g/mol. The number of hydrogen-bond acceptors (Lipinski definition) is 4. The summed E-state index contributed by atoms with van der Waals surface area (Å²) in [7, 11) is 0.